The number of benzene rings is 1. The van der Waals surface area contributed by atoms with Gasteiger partial charge in [0, 0.05) is 11.1 Å². The van der Waals surface area contributed by atoms with E-state index in [2.05, 4.69) is 4.98 Å². The molecular weight excluding hydrogens is 225 g/mol. The van der Waals surface area contributed by atoms with Crippen LogP contribution in [0.2, 0.25) is 0 Å². The second-order valence-electron chi connectivity index (χ2n) is 3.73. The molecule has 0 saturated carbocycles. The summed E-state index contributed by atoms with van der Waals surface area (Å²) < 4.78 is 13.1. The molecule has 0 radical (unpaired) electrons. The van der Waals surface area contributed by atoms with E-state index < -0.39 is 6.10 Å². The van der Waals surface area contributed by atoms with Gasteiger partial charge in [0.15, 0.2) is 0 Å². The minimum Gasteiger partial charge on any atom is -0.381 e. The van der Waals surface area contributed by atoms with Crippen molar-refractivity contribution in [2.24, 2.45) is 0 Å². The lowest BCUT2D eigenvalue weighted by molar-refractivity contribution is 0.218. The van der Waals surface area contributed by atoms with Gasteiger partial charge in [0.2, 0.25) is 0 Å². The maximum atomic E-state index is 13.1. The lowest BCUT2D eigenvalue weighted by Crippen LogP contribution is -2.02. The summed E-state index contributed by atoms with van der Waals surface area (Å²) in [5.74, 6) is -0.340. The molecule has 84 valence electrons. The Morgan fingerprint density at radius 2 is 2.12 bits per heavy atom. The SMILES string of the molecule is Cc1csc(C(O)c2cc(F)ccc2C)n1. The molecule has 2 nitrogen and oxygen atoms in total. The summed E-state index contributed by atoms with van der Waals surface area (Å²) in [5.41, 5.74) is 2.31. The van der Waals surface area contributed by atoms with Crippen LogP contribution in [0.25, 0.3) is 0 Å². The Balaban J connectivity index is 2.40. The lowest BCUT2D eigenvalue weighted by Gasteiger charge is -2.11. The summed E-state index contributed by atoms with van der Waals surface area (Å²) in [6, 6.07) is 4.41. The highest BCUT2D eigenvalue weighted by atomic mass is 32.1. The molecule has 1 aromatic carbocycles. The van der Waals surface area contributed by atoms with E-state index in [1.165, 1.54) is 23.5 Å². The highest BCUT2D eigenvalue weighted by molar-refractivity contribution is 7.09. The Morgan fingerprint density at radius 1 is 1.38 bits per heavy atom. The molecule has 1 heterocycles. The topological polar surface area (TPSA) is 33.1 Å². The number of aliphatic hydroxyl groups excluding tert-OH is 1. The monoisotopic (exact) mass is 237 g/mol. The van der Waals surface area contributed by atoms with Gasteiger partial charge < -0.3 is 5.11 Å². The van der Waals surface area contributed by atoms with Gasteiger partial charge in [-0.1, -0.05) is 6.07 Å². The largest absolute Gasteiger partial charge is 0.381 e. The molecule has 4 heteroatoms. The van der Waals surface area contributed by atoms with Crippen LogP contribution in [0.15, 0.2) is 23.6 Å². The van der Waals surface area contributed by atoms with Crippen molar-refractivity contribution in [2.75, 3.05) is 0 Å². The van der Waals surface area contributed by atoms with Crippen LogP contribution in [0.5, 0.6) is 0 Å². The van der Waals surface area contributed by atoms with Gasteiger partial charge in [-0.05, 0) is 37.1 Å². The van der Waals surface area contributed by atoms with E-state index in [1.54, 1.807) is 6.07 Å². The van der Waals surface area contributed by atoms with E-state index in [-0.39, 0.29) is 5.82 Å². The third kappa shape index (κ3) is 2.13. The van der Waals surface area contributed by atoms with Crippen molar-refractivity contribution in [1.82, 2.24) is 4.98 Å². The predicted octanol–water partition coefficient (Wildman–Crippen LogP) is 2.98. The van der Waals surface area contributed by atoms with Gasteiger partial charge in [0.1, 0.15) is 16.9 Å². The number of thiazole rings is 1. The fourth-order valence-corrected chi connectivity index (χ4v) is 2.33. The smallest absolute Gasteiger partial charge is 0.131 e. The number of hydrogen-bond donors (Lipinski definition) is 1. The minimum atomic E-state index is -0.839. The van der Waals surface area contributed by atoms with Crippen molar-refractivity contribution in [2.45, 2.75) is 20.0 Å². The third-order valence-electron chi connectivity index (χ3n) is 2.41. The zero-order chi connectivity index (χ0) is 11.7. The molecule has 0 fully saturated rings. The van der Waals surface area contributed by atoms with Crippen LogP contribution in [0, 0.1) is 19.7 Å². The Bertz CT molecular complexity index is 509. The van der Waals surface area contributed by atoms with Crippen LogP contribution in [0.4, 0.5) is 4.39 Å². The summed E-state index contributed by atoms with van der Waals surface area (Å²) in [6.07, 6.45) is -0.839. The molecule has 1 unspecified atom stereocenters. The van der Waals surface area contributed by atoms with Gasteiger partial charge >= 0.3 is 0 Å². The zero-order valence-corrected chi connectivity index (χ0v) is 9.88. The van der Waals surface area contributed by atoms with E-state index in [4.69, 9.17) is 0 Å². The minimum absolute atomic E-state index is 0.340. The molecule has 0 aliphatic carbocycles. The van der Waals surface area contributed by atoms with Crippen molar-refractivity contribution in [3.05, 3.63) is 51.2 Å². The van der Waals surface area contributed by atoms with Crippen molar-refractivity contribution >= 4 is 11.3 Å². The first-order chi connectivity index (χ1) is 7.58. The van der Waals surface area contributed by atoms with Crippen molar-refractivity contribution < 1.29 is 9.50 Å². The Morgan fingerprint density at radius 3 is 2.75 bits per heavy atom. The van der Waals surface area contributed by atoms with Crippen LogP contribution < -0.4 is 0 Å². The van der Waals surface area contributed by atoms with E-state index in [0.29, 0.717) is 10.6 Å². The van der Waals surface area contributed by atoms with Gasteiger partial charge in [-0.25, -0.2) is 9.37 Å². The second kappa shape index (κ2) is 4.31. The molecule has 0 amide bonds. The lowest BCUT2D eigenvalue weighted by atomic mass is 10.0. The number of rotatable bonds is 2. The molecule has 0 bridgehead atoms. The Labute approximate surface area is 97.4 Å². The third-order valence-corrected chi connectivity index (χ3v) is 3.42. The number of aromatic nitrogens is 1. The number of hydrogen-bond acceptors (Lipinski definition) is 3. The van der Waals surface area contributed by atoms with E-state index in [9.17, 15) is 9.50 Å². The van der Waals surface area contributed by atoms with Crippen LogP contribution in [0.3, 0.4) is 0 Å². The number of halogens is 1. The molecule has 0 aliphatic heterocycles. The standard InChI is InChI=1S/C12H12FNOS/c1-7-3-4-9(13)5-10(7)11(15)12-14-8(2)6-16-12/h3-6,11,15H,1-2H3. The predicted molar refractivity (Wildman–Crippen MR) is 62.0 cm³/mol. The molecule has 1 aromatic heterocycles. The highest BCUT2D eigenvalue weighted by Gasteiger charge is 2.16. The van der Waals surface area contributed by atoms with Crippen LogP contribution >= 0.6 is 11.3 Å². The first kappa shape index (κ1) is 11.2. The molecule has 1 N–H and O–H groups in total. The van der Waals surface area contributed by atoms with E-state index in [0.717, 1.165) is 11.3 Å². The molecule has 1 atom stereocenters. The molecule has 0 saturated heterocycles. The van der Waals surface area contributed by atoms with Crippen molar-refractivity contribution in [3.8, 4) is 0 Å². The summed E-state index contributed by atoms with van der Waals surface area (Å²) >= 11 is 1.38. The van der Waals surface area contributed by atoms with Crippen molar-refractivity contribution in [1.29, 1.82) is 0 Å². The second-order valence-corrected chi connectivity index (χ2v) is 4.62. The Kier molecular flexibility index (Phi) is 3.03. The van der Waals surface area contributed by atoms with Crippen LogP contribution in [-0.4, -0.2) is 10.1 Å². The summed E-state index contributed by atoms with van der Waals surface area (Å²) in [4.78, 5) is 4.20. The highest BCUT2D eigenvalue weighted by Crippen LogP contribution is 2.27. The molecule has 16 heavy (non-hydrogen) atoms. The quantitative estimate of drug-likeness (QED) is 0.871. The molecule has 0 spiro atoms. The maximum Gasteiger partial charge on any atom is 0.131 e. The average molecular weight is 237 g/mol. The van der Waals surface area contributed by atoms with Crippen LogP contribution in [-0.2, 0) is 0 Å². The molecular formula is C12H12FNOS. The van der Waals surface area contributed by atoms with Gasteiger partial charge in [0.25, 0.3) is 0 Å². The fourth-order valence-electron chi connectivity index (χ4n) is 1.54. The Hall–Kier alpha value is -1.26. The number of nitrogens with zero attached hydrogens (tertiary/aromatic N) is 1. The maximum absolute atomic E-state index is 13.1. The molecule has 2 rings (SSSR count). The number of aryl methyl sites for hydroxylation is 2. The van der Waals surface area contributed by atoms with E-state index >= 15 is 0 Å². The van der Waals surface area contributed by atoms with Gasteiger partial charge in [-0.2, -0.15) is 0 Å². The van der Waals surface area contributed by atoms with Crippen molar-refractivity contribution in [3.63, 3.8) is 0 Å². The summed E-state index contributed by atoms with van der Waals surface area (Å²) in [7, 11) is 0. The van der Waals surface area contributed by atoms with Gasteiger partial charge in [-0.15, -0.1) is 11.3 Å². The summed E-state index contributed by atoms with van der Waals surface area (Å²) in [5, 5.41) is 12.6. The number of aliphatic hydroxyl groups is 1. The fraction of sp³-hybridized carbons (Fsp3) is 0.250. The van der Waals surface area contributed by atoms with E-state index in [1.807, 2.05) is 19.2 Å². The molecule has 2 aromatic rings. The summed E-state index contributed by atoms with van der Waals surface area (Å²) in [6.45, 7) is 3.71. The first-order valence-corrected chi connectivity index (χ1v) is 5.82. The average Bonchev–Trinajstić information content (AvgIpc) is 2.67. The molecule has 0 aliphatic rings. The van der Waals surface area contributed by atoms with Crippen LogP contribution in [0.1, 0.15) is 27.9 Å². The first-order valence-electron chi connectivity index (χ1n) is 4.94. The van der Waals surface area contributed by atoms with Gasteiger partial charge in [-0.3, -0.25) is 0 Å². The normalized spacial score (nSPS) is 12.8. The van der Waals surface area contributed by atoms with Gasteiger partial charge in [0.05, 0.1) is 0 Å². The zero-order valence-electron chi connectivity index (χ0n) is 9.07.